The van der Waals surface area contributed by atoms with Gasteiger partial charge in [-0.2, -0.15) is 0 Å². The topological polar surface area (TPSA) is 71.8 Å². The van der Waals surface area contributed by atoms with Gasteiger partial charge in [-0.15, -0.1) is 0 Å². The van der Waals surface area contributed by atoms with Crippen molar-refractivity contribution in [3.05, 3.63) is 24.2 Å². The van der Waals surface area contributed by atoms with Gasteiger partial charge < -0.3 is 9.15 Å². The van der Waals surface area contributed by atoms with Crippen LogP contribution in [0.2, 0.25) is 0 Å². The summed E-state index contributed by atoms with van der Waals surface area (Å²) >= 11 is 0. The molecule has 1 aromatic rings. The first kappa shape index (κ1) is 14.1. The minimum Gasteiger partial charge on any atom is -0.472 e. The van der Waals surface area contributed by atoms with Gasteiger partial charge in [0.15, 0.2) is 0 Å². The highest BCUT2D eigenvalue weighted by atomic mass is 32.2. The third kappa shape index (κ3) is 3.22. The number of rotatable bonds is 5. The summed E-state index contributed by atoms with van der Waals surface area (Å²) in [6.45, 7) is 3.84. The van der Waals surface area contributed by atoms with E-state index in [0.29, 0.717) is 19.1 Å². The molecule has 3 heterocycles. The molecule has 0 aromatic carbocycles. The van der Waals surface area contributed by atoms with Crippen LogP contribution in [0.3, 0.4) is 0 Å². The molecule has 20 heavy (non-hydrogen) atoms. The monoisotopic (exact) mass is 300 g/mol. The highest BCUT2D eigenvalue weighted by Crippen LogP contribution is 2.34. The third-order valence-electron chi connectivity index (χ3n) is 4.11. The zero-order valence-electron chi connectivity index (χ0n) is 11.5. The average molecular weight is 300 g/mol. The van der Waals surface area contributed by atoms with E-state index in [4.69, 9.17) is 9.15 Å². The molecule has 1 N–H and O–H groups in total. The standard InChI is InChI=1S/C13H20N2O4S/c1-20(16,17)14-4-11-9-19-13-7-15(6-12(11)13)5-10-2-3-18-8-10/h2-3,8,11-14H,4-7,9H2,1H3/t11-,12-,13-/m1/s1. The van der Waals surface area contributed by atoms with Crippen LogP contribution in [0, 0.1) is 11.8 Å². The van der Waals surface area contributed by atoms with Gasteiger partial charge in [0.05, 0.1) is 31.5 Å². The number of hydrogen-bond acceptors (Lipinski definition) is 5. The lowest BCUT2D eigenvalue weighted by molar-refractivity contribution is 0.0942. The van der Waals surface area contributed by atoms with Crippen molar-refractivity contribution in [2.45, 2.75) is 12.6 Å². The second kappa shape index (κ2) is 5.48. The van der Waals surface area contributed by atoms with E-state index in [0.717, 1.165) is 25.2 Å². The molecular weight excluding hydrogens is 280 g/mol. The summed E-state index contributed by atoms with van der Waals surface area (Å²) in [5.41, 5.74) is 1.16. The fourth-order valence-corrected chi connectivity index (χ4v) is 3.64. The Morgan fingerprint density at radius 2 is 2.30 bits per heavy atom. The Balaban J connectivity index is 1.55. The minimum absolute atomic E-state index is 0.230. The van der Waals surface area contributed by atoms with Crippen molar-refractivity contribution in [2.75, 3.05) is 32.5 Å². The van der Waals surface area contributed by atoms with Gasteiger partial charge in [-0.3, -0.25) is 4.90 Å². The summed E-state index contributed by atoms with van der Waals surface area (Å²) in [7, 11) is -3.13. The van der Waals surface area contributed by atoms with Crippen LogP contribution in [0.4, 0.5) is 0 Å². The van der Waals surface area contributed by atoms with E-state index in [9.17, 15) is 8.42 Å². The van der Waals surface area contributed by atoms with Crippen molar-refractivity contribution in [3.63, 3.8) is 0 Å². The second-order valence-corrected chi connectivity index (χ2v) is 7.58. The van der Waals surface area contributed by atoms with E-state index in [2.05, 4.69) is 9.62 Å². The Morgan fingerprint density at radius 1 is 1.45 bits per heavy atom. The van der Waals surface area contributed by atoms with Crippen molar-refractivity contribution in [2.24, 2.45) is 11.8 Å². The van der Waals surface area contributed by atoms with Crippen LogP contribution >= 0.6 is 0 Å². The van der Waals surface area contributed by atoms with E-state index in [1.165, 1.54) is 6.26 Å². The fourth-order valence-electron chi connectivity index (χ4n) is 3.12. The van der Waals surface area contributed by atoms with E-state index >= 15 is 0 Å². The summed E-state index contributed by atoms with van der Waals surface area (Å²) in [4.78, 5) is 2.34. The number of nitrogens with one attached hydrogen (secondary N) is 1. The Bertz CT molecular complexity index is 543. The van der Waals surface area contributed by atoms with Gasteiger partial charge in [0.25, 0.3) is 0 Å². The number of nitrogens with zero attached hydrogens (tertiary/aromatic N) is 1. The predicted molar refractivity (Wildman–Crippen MR) is 73.6 cm³/mol. The fraction of sp³-hybridized carbons (Fsp3) is 0.692. The van der Waals surface area contributed by atoms with Gasteiger partial charge in [-0.1, -0.05) is 0 Å². The van der Waals surface area contributed by atoms with Gasteiger partial charge >= 0.3 is 0 Å². The molecule has 0 unspecified atom stereocenters. The van der Waals surface area contributed by atoms with E-state index in [1.54, 1.807) is 12.5 Å². The van der Waals surface area contributed by atoms with Crippen LogP contribution < -0.4 is 4.72 Å². The lowest BCUT2D eigenvalue weighted by Gasteiger charge is -2.19. The van der Waals surface area contributed by atoms with Crippen molar-refractivity contribution in [1.29, 1.82) is 0 Å². The Kier molecular flexibility index (Phi) is 3.85. The van der Waals surface area contributed by atoms with Crippen LogP contribution in [-0.2, 0) is 21.3 Å². The molecule has 3 rings (SSSR count). The Hall–Kier alpha value is -0.890. The normalized spacial score (nSPS) is 30.8. The van der Waals surface area contributed by atoms with Gasteiger partial charge in [-0.25, -0.2) is 13.1 Å². The lowest BCUT2D eigenvalue weighted by Crippen LogP contribution is -2.33. The summed E-state index contributed by atoms with van der Waals surface area (Å²) in [5.74, 6) is 0.681. The van der Waals surface area contributed by atoms with Crippen molar-refractivity contribution >= 4 is 10.0 Å². The van der Waals surface area contributed by atoms with Crippen molar-refractivity contribution in [1.82, 2.24) is 9.62 Å². The number of hydrogen-bond donors (Lipinski definition) is 1. The second-order valence-electron chi connectivity index (χ2n) is 5.74. The van der Waals surface area contributed by atoms with E-state index in [-0.39, 0.29) is 12.0 Å². The van der Waals surface area contributed by atoms with Crippen LogP contribution in [-0.4, -0.2) is 51.9 Å². The maximum Gasteiger partial charge on any atom is 0.208 e. The molecule has 7 heteroatoms. The molecular formula is C13H20N2O4S. The SMILES string of the molecule is CS(=O)(=O)NC[C@@H]1CO[C@@H]2CN(Cc3ccoc3)C[C@H]12. The predicted octanol–water partition coefficient (Wildman–Crippen LogP) is 0.276. The highest BCUT2D eigenvalue weighted by molar-refractivity contribution is 7.88. The van der Waals surface area contributed by atoms with Crippen molar-refractivity contribution < 1.29 is 17.6 Å². The Labute approximate surface area is 119 Å². The highest BCUT2D eigenvalue weighted by Gasteiger charge is 2.43. The number of ether oxygens (including phenoxy) is 1. The molecule has 0 radical (unpaired) electrons. The van der Waals surface area contributed by atoms with Gasteiger partial charge in [0, 0.05) is 43.6 Å². The molecule has 112 valence electrons. The average Bonchev–Trinajstić information content (AvgIpc) is 3.03. The molecule has 2 aliphatic heterocycles. The zero-order valence-corrected chi connectivity index (χ0v) is 12.3. The molecule has 3 atom stereocenters. The number of fused-ring (bicyclic) bond motifs is 1. The first-order chi connectivity index (χ1) is 9.51. The summed E-state index contributed by atoms with van der Waals surface area (Å²) < 4.78 is 35.8. The Morgan fingerprint density at radius 3 is 3.00 bits per heavy atom. The van der Waals surface area contributed by atoms with E-state index < -0.39 is 10.0 Å². The maximum atomic E-state index is 11.2. The molecule has 2 fully saturated rings. The largest absolute Gasteiger partial charge is 0.472 e. The van der Waals surface area contributed by atoms with Crippen LogP contribution in [0.25, 0.3) is 0 Å². The van der Waals surface area contributed by atoms with Crippen LogP contribution in [0.5, 0.6) is 0 Å². The minimum atomic E-state index is -3.13. The van der Waals surface area contributed by atoms with Gasteiger partial charge in [0.2, 0.25) is 10.0 Å². The van der Waals surface area contributed by atoms with Crippen LogP contribution in [0.1, 0.15) is 5.56 Å². The molecule has 1 aromatic heterocycles. The van der Waals surface area contributed by atoms with Gasteiger partial charge in [0.1, 0.15) is 0 Å². The molecule has 2 aliphatic rings. The molecule has 0 aliphatic carbocycles. The summed E-state index contributed by atoms with van der Waals surface area (Å²) in [5, 5.41) is 0. The van der Waals surface area contributed by atoms with Gasteiger partial charge in [-0.05, 0) is 6.07 Å². The molecule has 2 saturated heterocycles. The first-order valence-electron chi connectivity index (χ1n) is 6.81. The molecule has 0 saturated carbocycles. The molecule has 0 bridgehead atoms. The summed E-state index contributed by atoms with van der Waals surface area (Å²) in [6.07, 6.45) is 4.87. The lowest BCUT2D eigenvalue weighted by atomic mass is 9.93. The maximum absolute atomic E-state index is 11.2. The van der Waals surface area contributed by atoms with E-state index in [1.807, 2.05) is 6.07 Å². The zero-order chi connectivity index (χ0) is 14.2. The molecule has 6 nitrogen and oxygen atoms in total. The van der Waals surface area contributed by atoms with Crippen molar-refractivity contribution in [3.8, 4) is 0 Å². The number of sulfonamides is 1. The van der Waals surface area contributed by atoms with Crippen LogP contribution in [0.15, 0.2) is 23.0 Å². The third-order valence-corrected chi connectivity index (χ3v) is 4.80. The smallest absolute Gasteiger partial charge is 0.208 e. The number of likely N-dealkylation sites (tertiary alicyclic amines) is 1. The summed E-state index contributed by atoms with van der Waals surface area (Å²) in [6, 6.07) is 1.97. The molecule has 0 amide bonds. The first-order valence-corrected chi connectivity index (χ1v) is 8.70. The quantitative estimate of drug-likeness (QED) is 0.845. The number of furan rings is 1. The molecule has 0 spiro atoms.